The van der Waals surface area contributed by atoms with Crippen LogP contribution in [0.4, 0.5) is 5.69 Å². The summed E-state index contributed by atoms with van der Waals surface area (Å²) in [7, 11) is -3.37. The molecular formula is C15H16BrNO2S. The first kappa shape index (κ1) is 15.1. The molecule has 0 unspecified atom stereocenters. The standard InChI is InChI=1S/C15H16BrNO2S/c1-10-3-6-15(11(2)7-10)20(18,19)9-12-4-5-13(17)8-14(12)16/h3-8H,9,17H2,1-2H3. The van der Waals surface area contributed by atoms with E-state index in [9.17, 15) is 8.42 Å². The summed E-state index contributed by atoms with van der Waals surface area (Å²) in [6.07, 6.45) is 0. The number of rotatable bonds is 3. The predicted molar refractivity (Wildman–Crippen MR) is 85.4 cm³/mol. The Bertz CT molecular complexity index is 754. The average Bonchev–Trinajstić information content (AvgIpc) is 2.32. The van der Waals surface area contributed by atoms with Crippen molar-refractivity contribution >= 4 is 31.5 Å². The average molecular weight is 354 g/mol. The molecule has 106 valence electrons. The molecule has 0 atom stereocenters. The third-order valence-corrected chi connectivity index (χ3v) is 5.65. The Kier molecular flexibility index (Phi) is 4.20. The molecule has 0 heterocycles. The molecule has 0 aliphatic carbocycles. The quantitative estimate of drug-likeness (QED) is 0.857. The molecular weight excluding hydrogens is 338 g/mol. The zero-order valence-electron chi connectivity index (χ0n) is 11.4. The van der Waals surface area contributed by atoms with Crippen molar-refractivity contribution < 1.29 is 8.42 Å². The molecule has 5 heteroatoms. The minimum absolute atomic E-state index is 0.0439. The summed E-state index contributed by atoms with van der Waals surface area (Å²) in [6.45, 7) is 3.76. The highest BCUT2D eigenvalue weighted by molar-refractivity contribution is 9.10. The van der Waals surface area contributed by atoms with E-state index in [1.54, 1.807) is 24.3 Å². The molecule has 0 amide bonds. The molecule has 0 aliphatic heterocycles. The minimum Gasteiger partial charge on any atom is -0.399 e. The van der Waals surface area contributed by atoms with Crippen molar-refractivity contribution in [2.75, 3.05) is 5.73 Å². The lowest BCUT2D eigenvalue weighted by atomic mass is 10.2. The monoisotopic (exact) mass is 353 g/mol. The fraction of sp³-hybridized carbons (Fsp3) is 0.200. The summed E-state index contributed by atoms with van der Waals surface area (Å²) < 4.78 is 25.8. The number of hydrogen-bond acceptors (Lipinski definition) is 3. The molecule has 2 rings (SSSR count). The van der Waals surface area contributed by atoms with Gasteiger partial charge in [-0.25, -0.2) is 8.42 Å². The van der Waals surface area contributed by atoms with E-state index in [0.29, 0.717) is 20.6 Å². The number of aryl methyl sites for hydroxylation is 2. The third kappa shape index (κ3) is 3.22. The predicted octanol–water partition coefficient (Wildman–Crippen LogP) is 3.62. The molecule has 0 saturated heterocycles. The number of sulfone groups is 1. The van der Waals surface area contributed by atoms with E-state index >= 15 is 0 Å². The van der Waals surface area contributed by atoms with Crippen LogP contribution in [0.3, 0.4) is 0 Å². The lowest BCUT2D eigenvalue weighted by Gasteiger charge is -2.10. The van der Waals surface area contributed by atoms with Crippen LogP contribution >= 0.6 is 15.9 Å². The zero-order chi connectivity index (χ0) is 14.9. The summed E-state index contributed by atoms with van der Waals surface area (Å²) in [4.78, 5) is 0.381. The van der Waals surface area contributed by atoms with Gasteiger partial charge in [-0.3, -0.25) is 0 Å². The summed E-state index contributed by atoms with van der Waals surface area (Å²) in [5.74, 6) is -0.0439. The van der Waals surface area contributed by atoms with Crippen molar-refractivity contribution in [3.63, 3.8) is 0 Å². The molecule has 2 aromatic rings. The topological polar surface area (TPSA) is 60.2 Å². The van der Waals surface area contributed by atoms with Gasteiger partial charge in [0.15, 0.2) is 9.84 Å². The molecule has 0 radical (unpaired) electrons. The van der Waals surface area contributed by atoms with Crippen LogP contribution in [0.25, 0.3) is 0 Å². The SMILES string of the molecule is Cc1ccc(S(=O)(=O)Cc2ccc(N)cc2Br)c(C)c1. The maximum atomic E-state index is 12.5. The molecule has 0 aromatic heterocycles. The number of nitrogens with two attached hydrogens (primary N) is 1. The molecule has 20 heavy (non-hydrogen) atoms. The number of nitrogen functional groups attached to an aromatic ring is 1. The molecule has 0 fully saturated rings. The molecule has 2 aromatic carbocycles. The van der Waals surface area contributed by atoms with Crippen LogP contribution in [0.2, 0.25) is 0 Å². The van der Waals surface area contributed by atoms with Crippen LogP contribution in [-0.2, 0) is 15.6 Å². The third-order valence-electron chi connectivity index (χ3n) is 3.09. The highest BCUT2D eigenvalue weighted by atomic mass is 79.9. The number of anilines is 1. The molecule has 2 N–H and O–H groups in total. The van der Waals surface area contributed by atoms with Gasteiger partial charge in [0.1, 0.15) is 0 Å². The van der Waals surface area contributed by atoms with Gasteiger partial charge in [-0.15, -0.1) is 0 Å². The smallest absolute Gasteiger partial charge is 0.182 e. The molecule has 0 saturated carbocycles. The van der Waals surface area contributed by atoms with Gasteiger partial charge in [-0.05, 0) is 43.2 Å². The molecule has 3 nitrogen and oxygen atoms in total. The fourth-order valence-corrected chi connectivity index (χ4v) is 4.48. The highest BCUT2D eigenvalue weighted by Gasteiger charge is 2.19. The first-order chi connectivity index (χ1) is 9.29. The highest BCUT2D eigenvalue weighted by Crippen LogP contribution is 2.26. The van der Waals surface area contributed by atoms with E-state index in [1.165, 1.54) is 0 Å². The van der Waals surface area contributed by atoms with Crippen molar-refractivity contribution in [1.29, 1.82) is 0 Å². The summed E-state index contributed by atoms with van der Waals surface area (Å²) in [5.41, 5.74) is 8.80. The molecule has 0 spiro atoms. The second-order valence-electron chi connectivity index (χ2n) is 4.88. The Balaban J connectivity index is 2.41. The maximum absolute atomic E-state index is 12.5. The van der Waals surface area contributed by atoms with Crippen molar-refractivity contribution in [2.24, 2.45) is 0 Å². The second kappa shape index (κ2) is 5.58. The van der Waals surface area contributed by atoms with Gasteiger partial charge in [0.05, 0.1) is 10.6 Å². The van der Waals surface area contributed by atoms with Gasteiger partial charge in [-0.2, -0.15) is 0 Å². The lowest BCUT2D eigenvalue weighted by Crippen LogP contribution is -2.07. The number of benzene rings is 2. The van der Waals surface area contributed by atoms with Gasteiger partial charge < -0.3 is 5.73 Å². The Hall–Kier alpha value is -1.33. The zero-order valence-corrected chi connectivity index (χ0v) is 13.8. The van der Waals surface area contributed by atoms with Gasteiger partial charge in [0.2, 0.25) is 0 Å². The van der Waals surface area contributed by atoms with Crippen LogP contribution < -0.4 is 5.73 Å². The Morgan fingerprint density at radius 1 is 1.10 bits per heavy atom. The van der Waals surface area contributed by atoms with Crippen LogP contribution in [0.1, 0.15) is 16.7 Å². The van der Waals surface area contributed by atoms with Crippen LogP contribution in [0, 0.1) is 13.8 Å². The fourth-order valence-electron chi connectivity index (χ4n) is 2.11. The maximum Gasteiger partial charge on any atom is 0.182 e. The summed E-state index contributed by atoms with van der Waals surface area (Å²) in [5, 5.41) is 0. The summed E-state index contributed by atoms with van der Waals surface area (Å²) in [6, 6.07) is 10.5. The van der Waals surface area contributed by atoms with E-state index in [1.807, 2.05) is 26.0 Å². The number of hydrogen-bond donors (Lipinski definition) is 1. The Morgan fingerprint density at radius 3 is 2.40 bits per heavy atom. The largest absolute Gasteiger partial charge is 0.399 e. The second-order valence-corrected chi connectivity index (χ2v) is 7.69. The van der Waals surface area contributed by atoms with Crippen LogP contribution in [-0.4, -0.2) is 8.42 Å². The Morgan fingerprint density at radius 2 is 1.80 bits per heavy atom. The van der Waals surface area contributed by atoms with E-state index in [-0.39, 0.29) is 5.75 Å². The van der Waals surface area contributed by atoms with Crippen molar-refractivity contribution in [3.8, 4) is 0 Å². The van der Waals surface area contributed by atoms with E-state index in [4.69, 9.17) is 5.73 Å². The first-order valence-corrected chi connectivity index (χ1v) is 8.58. The molecule has 0 bridgehead atoms. The van der Waals surface area contributed by atoms with Crippen molar-refractivity contribution in [3.05, 3.63) is 57.6 Å². The first-order valence-electron chi connectivity index (χ1n) is 6.13. The summed E-state index contributed by atoms with van der Waals surface area (Å²) >= 11 is 3.36. The van der Waals surface area contributed by atoms with Crippen molar-refractivity contribution in [1.82, 2.24) is 0 Å². The van der Waals surface area contributed by atoms with E-state index in [2.05, 4.69) is 15.9 Å². The van der Waals surface area contributed by atoms with Crippen LogP contribution in [0.15, 0.2) is 45.8 Å². The molecule has 0 aliphatic rings. The van der Waals surface area contributed by atoms with E-state index in [0.717, 1.165) is 11.1 Å². The van der Waals surface area contributed by atoms with Crippen LogP contribution in [0.5, 0.6) is 0 Å². The minimum atomic E-state index is -3.37. The number of halogens is 1. The lowest BCUT2D eigenvalue weighted by molar-refractivity contribution is 0.594. The van der Waals surface area contributed by atoms with Gasteiger partial charge in [0.25, 0.3) is 0 Å². The normalized spacial score (nSPS) is 11.6. The van der Waals surface area contributed by atoms with Gasteiger partial charge in [-0.1, -0.05) is 39.7 Å². The van der Waals surface area contributed by atoms with Crippen molar-refractivity contribution in [2.45, 2.75) is 24.5 Å². The Labute approximate surface area is 127 Å². The van der Waals surface area contributed by atoms with Gasteiger partial charge >= 0.3 is 0 Å². The van der Waals surface area contributed by atoms with Gasteiger partial charge in [0, 0.05) is 10.2 Å². The van der Waals surface area contributed by atoms with E-state index < -0.39 is 9.84 Å².